The van der Waals surface area contributed by atoms with Crippen molar-refractivity contribution in [2.75, 3.05) is 18.0 Å². The first-order valence-corrected chi connectivity index (χ1v) is 5.46. The molecule has 0 aromatic carbocycles. The summed E-state index contributed by atoms with van der Waals surface area (Å²) in [6, 6.07) is 3.11. The van der Waals surface area contributed by atoms with Crippen LogP contribution in [0.1, 0.15) is 18.5 Å². The van der Waals surface area contributed by atoms with Crippen LogP contribution in [0.15, 0.2) is 12.1 Å². The monoisotopic (exact) mass is 235 g/mol. The lowest BCUT2D eigenvalue weighted by Crippen LogP contribution is -2.34. The van der Waals surface area contributed by atoms with Crippen LogP contribution in [0.3, 0.4) is 0 Å². The summed E-state index contributed by atoms with van der Waals surface area (Å²) in [5.41, 5.74) is 0.436. The number of aryl methyl sites for hydroxylation is 1. The lowest BCUT2D eigenvalue weighted by atomic mass is 10.1. The first kappa shape index (κ1) is 11.5. The van der Waals surface area contributed by atoms with Gasteiger partial charge in [-0.05, 0) is 13.0 Å². The largest absolute Gasteiger partial charge is 0.356 e. The van der Waals surface area contributed by atoms with Crippen molar-refractivity contribution >= 4 is 17.3 Å². The molecule has 90 valence electrons. The van der Waals surface area contributed by atoms with Gasteiger partial charge in [0.1, 0.15) is 17.3 Å². The highest BCUT2D eigenvalue weighted by Gasteiger charge is 2.19. The highest BCUT2D eigenvalue weighted by Crippen LogP contribution is 2.22. The Hall–Kier alpha value is -1.98. The summed E-state index contributed by atoms with van der Waals surface area (Å²) >= 11 is 0. The Kier molecular flexibility index (Phi) is 3.03. The summed E-state index contributed by atoms with van der Waals surface area (Å²) in [4.78, 5) is 27.5. The van der Waals surface area contributed by atoms with Gasteiger partial charge in [-0.1, -0.05) is 0 Å². The molecular weight excluding hydrogens is 222 g/mol. The normalized spacial score (nSPS) is 16.1. The quantitative estimate of drug-likeness (QED) is 0.573. The predicted molar refractivity (Wildman–Crippen MR) is 62.1 cm³/mol. The molecular formula is C11H13N3O3. The number of carbonyl (C=O) groups is 1. The molecule has 0 saturated carbocycles. The molecule has 0 radical (unpaired) electrons. The van der Waals surface area contributed by atoms with Crippen molar-refractivity contribution in [2.24, 2.45) is 0 Å². The van der Waals surface area contributed by atoms with Crippen molar-refractivity contribution in [1.29, 1.82) is 0 Å². The average molecular weight is 235 g/mol. The zero-order valence-electron chi connectivity index (χ0n) is 9.55. The molecule has 1 fully saturated rings. The van der Waals surface area contributed by atoms with Gasteiger partial charge in [-0.25, -0.2) is 4.98 Å². The van der Waals surface area contributed by atoms with E-state index in [9.17, 15) is 14.9 Å². The van der Waals surface area contributed by atoms with E-state index in [1.807, 2.05) is 4.90 Å². The molecule has 0 spiro atoms. The van der Waals surface area contributed by atoms with Crippen molar-refractivity contribution in [2.45, 2.75) is 19.8 Å². The van der Waals surface area contributed by atoms with E-state index in [4.69, 9.17) is 0 Å². The molecule has 0 aliphatic carbocycles. The third-order valence-corrected chi connectivity index (χ3v) is 2.89. The summed E-state index contributed by atoms with van der Waals surface area (Å²) in [6.45, 7) is 2.91. The maximum absolute atomic E-state index is 11.1. The van der Waals surface area contributed by atoms with Crippen molar-refractivity contribution < 1.29 is 9.72 Å². The van der Waals surface area contributed by atoms with Crippen LogP contribution in [0, 0.1) is 17.0 Å². The second kappa shape index (κ2) is 4.48. The number of hydrogen-bond acceptors (Lipinski definition) is 5. The Balaban J connectivity index is 2.20. The van der Waals surface area contributed by atoms with Gasteiger partial charge in [-0.2, -0.15) is 0 Å². The molecule has 2 rings (SSSR count). The summed E-state index contributed by atoms with van der Waals surface area (Å²) in [7, 11) is 0. The third-order valence-electron chi connectivity index (χ3n) is 2.89. The first-order chi connectivity index (χ1) is 8.08. The molecule has 1 saturated heterocycles. The van der Waals surface area contributed by atoms with E-state index in [2.05, 4.69) is 4.98 Å². The lowest BCUT2D eigenvalue weighted by molar-refractivity contribution is -0.385. The highest BCUT2D eigenvalue weighted by molar-refractivity contribution is 5.80. The molecule has 0 bridgehead atoms. The molecule has 0 N–H and O–H groups in total. The lowest BCUT2D eigenvalue weighted by Gasteiger charge is -2.27. The van der Waals surface area contributed by atoms with Gasteiger partial charge in [0.05, 0.1) is 4.92 Å². The smallest absolute Gasteiger partial charge is 0.290 e. The Morgan fingerprint density at radius 1 is 1.35 bits per heavy atom. The van der Waals surface area contributed by atoms with Crippen LogP contribution in [-0.2, 0) is 4.79 Å². The number of Topliss-reactive ketones (excluding diaryl/α,β-unsaturated/α-hetero) is 1. The third kappa shape index (κ3) is 2.41. The summed E-state index contributed by atoms with van der Waals surface area (Å²) in [6.07, 6.45) is 1.05. The summed E-state index contributed by atoms with van der Waals surface area (Å²) < 4.78 is 0. The number of pyridine rings is 1. The average Bonchev–Trinajstić information content (AvgIpc) is 2.29. The Bertz CT molecular complexity index is 463. The molecule has 0 atom stereocenters. The molecule has 0 amide bonds. The minimum absolute atomic E-state index is 0.0295. The zero-order chi connectivity index (χ0) is 12.4. The van der Waals surface area contributed by atoms with Crippen LogP contribution >= 0.6 is 0 Å². The van der Waals surface area contributed by atoms with E-state index in [1.54, 1.807) is 13.0 Å². The highest BCUT2D eigenvalue weighted by atomic mass is 16.6. The summed E-state index contributed by atoms with van der Waals surface area (Å²) in [5, 5.41) is 10.7. The van der Waals surface area contributed by atoms with E-state index >= 15 is 0 Å². The molecule has 1 aliphatic rings. The van der Waals surface area contributed by atoms with Gasteiger partial charge in [-0.15, -0.1) is 0 Å². The van der Waals surface area contributed by atoms with E-state index in [-0.39, 0.29) is 11.5 Å². The van der Waals surface area contributed by atoms with Gasteiger partial charge < -0.3 is 4.90 Å². The van der Waals surface area contributed by atoms with Gasteiger partial charge in [-0.3, -0.25) is 14.9 Å². The molecule has 2 heterocycles. The molecule has 1 aromatic heterocycles. The van der Waals surface area contributed by atoms with Gasteiger partial charge in [0.2, 0.25) is 0 Å². The Morgan fingerprint density at radius 3 is 2.53 bits per heavy atom. The number of piperidine rings is 1. The van der Waals surface area contributed by atoms with Crippen molar-refractivity contribution in [3.8, 4) is 0 Å². The number of rotatable bonds is 2. The Labute approximate surface area is 98.4 Å². The number of ketones is 1. The fourth-order valence-corrected chi connectivity index (χ4v) is 1.89. The van der Waals surface area contributed by atoms with E-state index in [1.165, 1.54) is 6.07 Å². The molecule has 6 nitrogen and oxygen atoms in total. The molecule has 1 aliphatic heterocycles. The first-order valence-electron chi connectivity index (χ1n) is 5.46. The topological polar surface area (TPSA) is 76.3 Å². The van der Waals surface area contributed by atoms with Gasteiger partial charge in [0.15, 0.2) is 0 Å². The number of nitro groups is 1. The number of hydrogen-bond donors (Lipinski definition) is 0. The minimum Gasteiger partial charge on any atom is -0.356 e. The maximum Gasteiger partial charge on any atom is 0.290 e. The van der Waals surface area contributed by atoms with Crippen LogP contribution in [-0.4, -0.2) is 28.8 Å². The van der Waals surface area contributed by atoms with E-state index in [0.29, 0.717) is 37.4 Å². The number of anilines is 1. The second-order valence-electron chi connectivity index (χ2n) is 4.06. The molecule has 1 aromatic rings. The molecule has 0 unspecified atom stereocenters. The maximum atomic E-state index is 11.1. The van der Waals surface area contributed by atoms with Gasteiger partial charge in [0.25, 0.3) is 5.69 Å². The van der Waals surface area contributed by atoms with Crippen LogP contribution < -0.4 is 4.90 Å². The molecule has 17 heavy (non-hydrogen) atoms. The van der Waals surface area contributed by atoms with Crippen molar-refractivity contribution in [3.05, 3.63) is 27.9 Å². The van der Waals surface area contributed by atoms with Crippen molar-refractivity contribution in [3.63, 3.8) is 0 Å². The fraction of sp³-hybridized carbons (Fsp3) is 0.455. The molecule has 6 heteroatoms. The van der Waals surface area contributed by atoms with Crippen LogP contribution in [0.5, 0.6) is 0 Å². The van der Waals surface area contributed by atoms with E-state index < -0.39 is 4.92 Å². The predicted octanol–water partition coefficient (Wildman–Crippen LogP) is 1.47. The Morgan fingerprint density at radius 2 is 2.00 bits per heavy atom. The SMILES string of the molecule is Cc1nc(N2CCC(=O)CC2)ccc1[N+](=O)[O-]. The van der Waals surface area contributed by atoms with Crippen molar-refractivity contribution in [1.82, 2.24) is 4.98 Å². The number of aromatic nitrogens is 1. The van der Waals surface area contributed by atoms with Crippen LogP contribution in [0.2, 0.25) is 0 Å². The van der Waals surface area contributed by atoms with Gasteiger partial charge >= 0.3 is 0 Å². The standard InChI is InChI=1S/C11H13N3O3/c1-8-10(14(16)17)2-3-11(12-8)13-6-4-9(15)5-7-13/h2-3H,4-7H2,1H3. The number of nitrogens with zero attached hydrogens (tertiary/aromatic N) is 3. The summed E-state index contributed by atoms with van der Waals surface area (Å²) in [5.74, 6) is 0.973. The van der Waals surface area contributed by atoms with E-state index in [0.717, 1.165) is 0 Å². The van der Waals surface area contributed by atoms with Crippen LogP contribution in [0.25, 0.3) is 0 Å². The minimum atomic E-state index is -0.439. The van der Waals surface area contributed by atoms with Crippen LogP contribution in [0.4, 0.5) is 11.5 Å². The zero-order valence-corrected chi connectivity index (χ0v) is 9.55. The number of carbonyl (C=O) groups excluding carboxylic acids is 1. The fourth-order valence-electron chi connectivity index (χ4n) is 1.89. The van der Waals surface area contributed by atoms with Gasteiger partial charge in [0, 0.05) is 32.0 Å². The second-order valence-corrected chi connectivity index (χ2v) is 4.06.